The number of aryl methyl sites for hydroxylation is 1. The Labute approximate surface area is 258 Å². The van der Waals surface area contributed by atoms with Crippen LogP contribution in [0.5, 0.6) is 0 Å². The summed E-state index contributed by atoms with van der Waals surface area (Å²) in [5.41, 5.74) is 10.2. The minimum atomic E-state index is 0.642. The van der Waals surface area contributed by atoms with E-state index >= 15 is 0 Å². The third-order valence-corrected chi connectivity index (χ3v) is 8.35. The topological polar surface area (TPSA) is 27.0 Å². The third kappa shape index (κ3) is 5.13. The lowest BCUT2D eigenvalue weighted by atomic mass is 9.98. The van der Waals surface area contributed by atoms with E-state index in [-0.39, 0.29) is 0 Å². The van der Waals surface area contributed by atoms with Gasteiger partial charge in [0.2, 0.25) is 0 Å². The number of hydrogen-bond donors (Lipinski definition) is 0. The van der Waals surface area contributed by atoms with E-state index in [0.717, 1.165) is 39.3 Å². The Balaban J connectivity index is 1.24. The minimum absolute atomic E-state index is 0.642. The minimum Gasteiger partial charge on any atom is -0.310 e. The van der Waals surface area contributed by atoms with Crippen LogP contribution in [0, 0.1) is 18.3 Å². The van der Waals surface area contributed by atoms with E-state index in [0.29, 0.717) is 5.56 Å². The van der Waals surface area contributed by atoms with Crippen molar-refractivity contribution in [2.75, 3.05) is 4.90 Å². The van der Waals surface area contributed by atoms with E-state index in [2.05, 4.69) is 151 Å². The molecule has 0 aliphatic carbocycles. The van der Waals surface area contributed by atoms with Crippen LogP contribution in [0.2, 0.25) is 0 Å². The van der Waals surface area contributed by atoms with Crippen molar-refractivity contribution in [2.45, 2.75) is 6.92 Å². The molecule has 0 aliphatic rings. The molecule has 0 saturated heterocycles. The first-order valence-electron chi connectivity index (χ1n) is 14.8. The van der Waals surface area contributed by atoms with Crippen LogP contribution in [0.25, 0.3) is 49.5 Å². The van der Waals surface area contributed by atoms with Crippen LogP contribution in [0.15, 0.2) is 158 Å². The van der Waals surface area contributed by atoms with Crippen LogP contribution in [0.4, 0.5) is 11.4 Å². The summed E-state index contributed by atoms with van der Waals surface area (Å²) in [5, 5.41) is 14.4. The molecular formula is C42H30N2. The second-order valence-electron chi connectivity index (χ2n) is 11.1. The van der Waals surface area contributed by atoms with Crippen LogP contribution >= 0.6 is 0 Å². The molecule has 7 aromatic rings. The molecule has 208 valence electrons. The van der Waals surface area contributed by atoms with Crippen LogP contribution in [0.3, 0.4) is 0 Å². The van der Waals surface area contributed by atoms with Crippen LogP contribution < -0.4 is 4.90 Å². The van der Waals surface area contributed by atoms with Crippen molar-refractivity contribution in [2.24, 2.45) is 0 Å². The Morgan fingerprint density at radius 3 is 1.57 bits per heavy atom. The zero-order chi connectivity index (χ0) is 30.0. The average Bonchev–Trinajstić information content (AvgIpc) is 3.09. The molecule has 0 heterocycles. The van der Waals surface area contributed by atoms with E-state index in [1.54, 1.807) is 0 Å². The molecule has 0 atom stereocenters. The third-order valence-electron chi connectivity index (χ3n) is 8.35. The van der Waals surface area contributed by atoms with Gasteiger partial charge in [-0.3, -0.25) is 0 Å². The summed E-state index contributed by atoms with van der Waals surface area (Å²) in [6, 6.07) is 55.4. The van der Waals surface area contributed by atoms with Gasteiger partial charge in [-0.1, -0.05) is 116 Å². The monoisotopic (exact) mass is 562 g/mol. The normalized spacial score (nSPS) is 10.9. The largest absolute Gasteiger partial charge is 0.310 e. The summed E-state index contributed by atoms with van der Waals surface area (Å²) in [7, 11) is 0. The Bertz CT molecular complexity index is 2200. The van der Waals surface area contributed by atoms with Gasteiger partial charge in [-0.25, -0.2) is 0 Å². The van der Waals surface area contributed by atoms with Gasteiger partial charge in [-0.2, -0.15) is 5.26 Å². The number of rotatable bonds is 6. The van der Waals surface area contributed by atoms with Crippen LogP contribution in [0.1, 0.15) is 16.7 Å². The maximum Gasteiger partial charge on any atom is 0.0991 e. The fraction of sp³-hybridized carbons (Fsp3) is 0.0238. The quantitative estimate of drug-likeness (QED) is 0.202. The molecule has 2 nitrogen and oxygen atoms in total. The Morgan fingerprint density at radius 1 is 0.545 bits per heavy atom. The van der Waals surface area contributed by atoms with Crippen molar-refractivity contribution in [3.05, 3.63) is 175 Å². The molecule has 0 unspecified atom stereocenters. The Kier molecular flexibility index (Phi) is 6.99. The second kappa shape index (κ2) is 11.4. The van der Waals surface area contributed by atoms with E-state index < -0.39 is 0 Å². The number of nitriles is 1. The van der Waals surface area contributed by atoms with Crippen molar-refractivity contribution >= 4 is 38.6 Å². The van der Waals surface area contributed by atoms with Gasteiger partial charge in [0.15, 0.2) is 0 Å². The molecule has 0 spiro atoms. The first-order chi connectivity index (χ1) is 21.6. The SMILES string of the molecule is C=C(c1ccc(-c2ccc3ccccc3c2)cc1)N(c1ccc(-c2ccc3ccccc3c2)cc1)c1ccc(C#N)cc1C. The summed E-state index contributed by atoms with van der Waals surface area (Å²) < 4.78 is 0. The summed E-state index contributed by atoms with van der Waals surface area (Å²) >= 11 is 0. The van der Waals surface area contributed by atoms with Crippen molar-refractivity contribution in [3.8, 4) is 28.3 Å². The fourth-order valence-electron chi connectivity index (χ4n) is 5.94. The van der Waals surface area contributed by atoms with Crippen LogP contribution in [-0.4, -0.2) is 0 Å². The van der Waals surface area contributed by atoms with Gasteiger partial charge in [-0.15, -0.1) is 0 Å². The lowest BCUT2D eigenvalue weighted by Gasteiger charge is -2.29. The predicted octanol–water partition coefficient (Wildman–Crippen LogP) is 11.3. The highest BCUT2D eigenvalue weighted by Crippen LogP contribution is 2.38. The zero-order valence-corrected chi connectivity index (χ0v) is 24.5. The number of benzene rings is 7. The number of anilines is 2. The lowest BCUT2D eigenvalue weighted by Crippen LogP contribution is -2.16. The Hall–Kier alpha value is -5.91. The zero-order valence-electron chi connectivity index (χ0n) is 24.5. The standard InChI is InChI=1S/C42H30N2/c1-29-25-31(28-43)11-24-42(29)44(41-22-20-36(21-23-41)40-19-17-34-8-4-6-10-38(34)27-40)30(2)32-12-14-35(15-13-32)39-18-16-33-7-3-5-9-37(33)26-39/h3-27H,2H2,1H3. The molecule has 0 bridgehead atoms. The van der Waals surface area contributed by atoms with Gasteiger partial charge in [-0.05, 0) is 104 Å². The molecule has 44 heavy (non-hydrogen) atoms. The van der Waals surface area contributed by atoms with Gasteiger partial charge in [0.1, 0.15) is 0 Å². The molecule has 7 aromatic carbocycles. The smallest absolute Gasteiger partial charge is 0.0991 e. The summed E-state index contributed by atoms with van der Waals surface area (Å²) in [6.45, 7) is 6.63. The summed E-state index contributed by atoms with van der Waals surface area (Å²) in [6.07, 6.45) is 0. The fourth-order valence-corrected chi connectivity index (χ4v) is 5.94. The van der Waals surface area contributed by atoms with Crippen molar-refractivity contribution in [1.29, 1.82) is 5.26 Å². The molecule has 0 fully saturated rings. The van der Waals surface area contributed by atoms with Gasteiger partial charge in [0, 0.05) is 17.1 Å². The van der Waals surface area contributed by atoms with Gasteiger partial charge >= 0.3 is 0 Å². The Morgan fingerprint density at radius 2 is 1.05 bits per heavy atom. The van der Waals surface area contributed by atoms with E-state index in [9.17, 15) is 5.26 Å². The molecular weight excluding hydrogens is 532 g/mol. The predicted molar refractivity (Wildman–Crippen MR) is 186 cm³/mol. The molecule has 0 amide bonds. The molecule has 0 N–H and O–H groups in total. The summed E-state index contributed by atoms with van der Waals surface area (Å²) in [5.74, 6) is 0. The van der Waals surface area contributed by atoms with Crippen molar-refractivity contribution < 1.29 is 0 Å². The maximum atomic E-state index is 9.50. The lowest BCUT2D eigenvalue weighted by molar-refractivity contribution is 1.26. The van der Waals surface area contributed by atoms with Gasteiger partial charge in [0.05, 0.1) is 11.6 Å². The van der Waals surface area contributed by atoms with Crippen molar-refractivity contribution in [3.63, 3.8) is 0 Å². The van der Waals surface area contributed by atoms with Gasteiger partial charge < -0.3 is 4.90 Å². The first-order valence-corrected chi connectivity index (χ1v) is 14.8. The van der Waals surface area contributed by atoms with Crippen molar-refractivity contribution in [1.82, 2.24) is 0 Å². The second-order valence-corrected chi connectivity index (χ2v) is 11.1. The highest BCUT2D eigenvalue weighted by atomic mass is 15.1. The number of nitrogens with zero attached hydrogens (tertiary/aromatic N) is 2. The summed E-state index contributed by atoms with van der Waals surface area (Å²) in [4.78, 5) is 2.19. The number of fused-ring (bicyclic) bond motifs is 2. The first kappa shape index (κ1) is 27.0. The molecule has 0 saturated carbocycles. The maximum absolute atomic E-state index is 9.50. The molecule has 0 radical (unpaired) electrons. The van der Waals surface area contributed by atoms with E-state index in [1.807, 2.05) is 25.1 Å². The molecule has 7 rings (SSSR count). The van der Waals surface area contributed by atoms with E-state index in [4.69, 9.17) is 0 Å². The van der Waals surface area contributed by atoms with E-state index in [1.165, 1.54) is 32.7 Å². The molecule has 0 aliphatic heterocycles. The van der Waals surface area contributed by atoms with Gasteiger partial charge in [0.25, 0.3) is 0 Å². The van der Waals surface area contributed by atoms with Crippen LogP contribution in [-0.2, 0) is 0 Å². The molecule has 2 heteroatoms. The highest BCUT2D eigenvalue weighted by molar-refractivity contribution is 5.91. The molecule has 0 aromatic heterocycles. The highest BCUT2D eigenvalue weighted by Gasteiger charge is 2.18. The average molecular weight is 563 g/mol. The number of hydrogen-bond acceptors (Lipinski definition) is 2.